The number of anilines is 1. The van der Waals surface area contributed by atoms with E-state index in [4.69, 9.17) is 0 Å². The third-order valence-electron chi connectivity index (χ3n) is 4.70. The Labute approximate surface area is 121 Å². The van der Waals surface area contributed by atoms with E-state index in [1.807, 2.05) is 12.1 Å². The van der Waals surface area contributed by atoms with E-state index in [-0.39, 0.29) is 0 Å². The highest BCUT2D eigenvalue weighted by atomic mass is 15.2. The lowest BCUT2D eigenvalue weighted by atomic mass is 9.93. The van der Waals surface area contributed by atoms with Gasteiger partial charge < -0.3 is 10.2 Å². The van der Waals surface area contributed by atoms with E-state index in [1.165, 1.54) is 37.7 Å². The van der Waals surface area contributed by atoms with Gasteiger partial charge in [-0.05, 0) is 63.3 Å². The molecule has 0 saturated carbocycles. The van der Waals surface area contributed by atoms with Crippen LogP contribution in [0, 0.1) is 18.3 Å². The molecule has 2 atom stereocenters. The van der Waals surface area contributed by atoms with Crippen molar-refractivity contribution in [2.45, 2.75) is 51.1 Å². The van der Waals surface area contributed by atoms with Gasteiger partial charge >= 0.3 is 0 Å². The molecule has 3 nitrogen and oxygen atoms in total. The molecule has 2 unspecified atom stereocenters. The van der Waals surface area contributed by atoms with E-state index in [9.17, 15) is 5.26 Å². The van der Waals surface area contributed by atoms with Crippen molar-refractivity contribution >= 4 is 5.69 Å². The van der Waals surface area contributed by atoms with Crippen LogP contribution >= 0.6 is 0 Å². The first-order valence-electron chi connectivity index (χ1n) is 7.80. The van der Waals surface area contributed by atoms with E-state index in [0.717, 1.165) is 24.3 Å². The number of hydrogen-bond acceptors (Lipinski definition) is 3. The van der Waals surface area contributed by atoms with Crippen LogP contribution in [0.15, 0.2) is 18.2 Å². The fourth-order valence-electron chi connectivity index (χ4n) is 3.69. The SMILES string of the molecule is Cc1ccc(C#N)c(N2CCCCC2C2CCCN2)c1. The van der Waals surface area contributed by atoms with Gasteiger partial charge in [0.05, 0.1) is 11.3 Å². The molecule has 3 rings (SSSR count). The quantitative estimate of drug-likeness (QED) is 0.897. The summed E-state index contributed by atoms with van der Waals surface area (Å²) >= 11 is 0. The lowest BCUT2D eigenvalue weighted by molar-refractivity contribution is 0.378. The van der Waals surface area contributed by atoms with Crippen molar-refractivity contribution in [1.29, 1.82) is 5.26 Å². The second kappa shape index (κ2) is 5.85. The number of nitriles is 1. The smallest absolute Gasteiger partial charge is 0.101 e. The van der Waals surface area contributed by atoms with Crippen LogP contribution in [0.5, 0.6) is 0 Å². The second-order valence-electron chi connectivity index (χ2n) is 6.09. The van der Waals surface area contributed by atoms with Gasteiger partial charge in [-0.15, -0.1) is 0 Å². The molecule has 2 heterocycles. The van der Waals surface area contributed by atoms with E-state index in [0.29, 0.717) is 12.1 Å². The van der Waals surface area contributed by atoms with Crippen molar-refractivity contribution < 1.29 is 0 Å². The van der Waals surface area contributed by atoms with E-state index >= 15 is 0 Å². The third kappa shape index (κ3) is 2.53. The first kappa shape index (κ1) is 13.5. The Morgan fingerprint density at radius 2 is 2.15 bits per heavy atom. The lowest BCUT2D eigenvalue weighted by Gasteiger charge is -2.41. The predicted molar refractivity (Wildman–Crippen MR) is 81.9 cm³/mol. The highest BCUT2D eigenvalue weighted by Gasteiger charge is 2.32. The topological polar surface area (TPSA) is 39.1 Å². The molecule has 0 aromatic heterocycles. The lowest BCUT2D eigenvalue weighted by Crippen LogP contribution is -2.50. The average Bonchev–Trinajstić information content (AvgIpc) is 3.01. The summed E-state index contributed by atoms with van der Waals surface area (Å²) < 4.78 is 0. The molecule has 0 bridgehead atoms. The molecule has 2 aliphatic heterocycles. The number of nitrogens with zero attached hydrogens (tertiary/aromatic N) is 2. The predicted octanol–water partition coefficient (Wildman–Crippen LogP) is 2.98. The summed E-state index contributed by atoms with van der Waals surface area (Å²) in [5.74, 6) is 0. The summed E-state index contributed by atoms with van der Waals surface area (Å²) in [6, 6.07) is 9.72. The maximum Gasteiger partial charge on any atom is 0.101 e. The fraction of sp³-hybridized carbons (Fsp3) is 0.588. The molecular formula is C17H23N3. The van der Waals surface area contributed by atoms with E-state index in [2.05, 4.69) is 29.3 Å². The van der Waals surface area contributed by atoms with Crippen molar-refractivity contribution in [2.75, 3.05) is 18.0 Å². The molecular weight excluding hydrogens is 246 g/mol. The normalized spacial score (nSPS) is 26.5. The molecule has 3 heteroatoms. The van der Waals surface area contributed by atoms with Gasteiger partial charge in [0.2, 0.25) is 0 Å². The minimum atomic E-state index is 0.556. The van der Waals surface area contributed by atoms with Crippen LogP contribution in [0.1, 0.15) is 43.2 Å². The molecule has 20 heavy (non-hydrogen) atoms. The molecule has 2 saturated heterocycles. The molecule has 0 amide bonds. The summed E-state index contributed by atoms with van der Waals surface area (Å²) in [4.78, 5) is 2.50. The summed E-state index contributed by atoms with van der Waals surface area (Å²) in [5.41, 5.74) is 3.20. The Morgan fingerprint density at radius 3 is 2.90 bits per heavy atom. The van der Waals surface area contributed by atoms with Gasteiger partial charge in [-0.1, -0.05) is 6.07 Å². The zero-order chi connectivity index (χ0) is 13.9. The van der Waals surface area contributed by atoms with Gasteiger partial charge in [-0.2, -0.15) is 5.26 Å². The summed E-state index contributed by atoms with van der Waals surface area (Å²) in [7, 11) is 0. The summed E-state index contributed by atoms with van der Waals surface area (Å²) in [5, 5.41) is 13.1. The molecule has 106 valence electrons. The zero-order valence-corrected chi connectivity index (χ0v) is 12.2. The first-order valence-corrected chi connectivity index (χ1v) is 7.80. The zero-order valence-electron chi connectivity index (χ0n) is 12.2. The molecule has 1 aromatic rings. The molecule has 0 aliphatic carbocycles. The van der Waals surface area contributed by atoms with Gasteiger partial charge in [0.1, 0.15) is 6.07 Å². The van der Waals surface area contributed by atoms with Crippen molar-refractivity contribution in [1.82, 2.24) is 5.32 Å². The van der Waals surface area contributed by atoms with Crippen LogP contribution in [-0.4, -0.2) is 25.2 Å². The van der Waals surface area contributed by atoms with Gasteiger partial charge in [-0.25, -0.2) is 0 Å². The minimum Gasteiger partial charge on any atom is -0.366 e. The van der Waals surface area contributed by atoms with Crippen molar-refractivity contribution in [3.63, 3.8) is 0 Å². The second-order valence-corrected chi connectivity index (χ2v) is 6.09. The van der Waals surface area contributed by atoms with Crippen LogP contribution in [0.4, 0.5) is 5.69 Å². The van der Waals surface area contributed by atoms with Gasteiger partial charge in [0, 0.05) is 18.6 Å². The molecule has 2 fully saturated rings. The number of benzene rings is 1. The fourth-order valence-corrected chi connectivity index (χ4v) is 3.69. The number of aryl methyl sites for hydroxylation is 1. The molecule has 2 aliphatic rings. The largest absolute Gasteiger partial charge is 0.366 e. The van der Waals surface area contributed by atoms with E-state index in [1.54, 1.807) is 0 Å². The van der Waals surface area contributed by atoms with Crippen LogP contribution in [0.2, 0.25) is 0 Å². The first-order chi connectivity index (χ1) is 9.79. The highest BCUT2D eigenvalue weighted by Crippen LogP contribution is 2.31. The Morgan fingerprint density at radius 1 is 1.25 bits per heavy atom. The number of hydrogen-bond donors (Lipinski definition) is 1. The number of rotatable bonds is 2. The average molecular weight is 269 g/mol. The Kier molecular flexibility index (Phi) is 3.93. The molecule has 0 spiro atoms. The molecule has 1 aromatic carbocycles. The maximum absolute atomic E-state index is 9.40. The van der Waals surface area contributed by atoms with Crippen LogP contribution < -0.4 is 10.2 Å². The monoisotopic (exact) mass is 269 g/mol. The Bertz CT molecular complexity index is 511. The summed E-state index contributed by atoms with van der Waals surface area (Å²) in [6.45, 7) is 4.34. The summed E-state index contributed by atoms with van der Waals surface area (Å²) in [6.07, 6.45) is 6.36. The van der Waals surface area contributed by atoms with Crippen molar-refractivity contribution in [2.24, 2.45) is 0 Å². The third-order valence-corrected chi connectivity index (χ3v) is 4.70. The minimum absolute atomic E-state index is 0.556. The van der Waals surface area contributed by atoms with Gasteiger partial charge in [-0.3, -0.25) is 0 Å². The van der Waals surface area contributed by atoms with Crippen LogP contribution in [-0.2, 0) is 0 Å². The van der Waals surface area contributed by atoms with Gasteiger partial charge in [0.15, 0.2) is 0 Å². The Balaban J connectivity index is 1.93. The van der Waals surface area contributed by atoms with E-state index < -0.39 is 0 Å². The molecule has 1 N–H and O–H groups in total. The van der Waals surface area contributed by atoms with Crippen molar-refractivity contribution in [3.05, 3.63) is 29.3 Å². The van der Waals surface area contributed by atoms with Crippen LogP contribution in [0.3, 0.4) is 0 Å². The number of nitrogens with one attached hydrogen (secondary N) is 1. The van der Waals surface area contributed by atoms with Gasteiger partial charge in [0.25, 0.3) is 0 Å². The number of piperidine rings is 1. The van der Waals surface area contributed by atoms with Crippen molar-refractivity contribution in [3.8, 4) is 6.07 Å². The molecule has 0 radical (unpaired) electrons. The van der Waals surface area contributed by atoms with Crippen LogP contribution in [0.25, 0.3) is 0 Å². The maximum atomic E-state index is 9.40. The highest BCUT2D eigenvalue weighted by molar-refractivity contribution is 5.61. The Hall–Kier alpha value is -1.53. The standard InChI is InChI=1S/C17H23N3/c1-13-7-8-14(12-18)17(11-13)20-10-3-2-6-16(20)15-5-4-9-19-15/h7-8,11,15-16,19H,2-6,9-10H2,1H3.